The second-order valence-corrected chi connectivity index (χ2v) is 11.2. The van der Waals surface area contributed by atoms with Gasteiger partial charge in [0.15, 0.2) is 17.3 Å². The van der Waals surface area contributed by atoms with Gasteiger partial charge in [-0.25, -0.2) is 14.4 Å². The number of hydrogen-bond donors (Lipinski definition) is 2. The summed E-state index contributed by atoms with van der Waals surface area (Å²) in [6.45, 7) is 9.86. The van der Waals surface area contributed by atoms with Gasteiger partial charge in [0.25, 0.3) is 0 Å². The molecule has 1 aromatic carbocycles. The van der Waals surface area contributed by atoms with Crippen LogP contribution in [0, 0.1) is 5.82 Å². The number of benzene rings is 1. The van der Waals surface area contributed by atoms with Crippen LogP contribution >= 0.6 is 0 Å². The summed E-state index contributed by atoms with van der Waals surface area (Å²) in [5, 5.41) is 6.50. The Morgan fingerprint density at radius 3 is 2.64 bits per heavy atom. The molecule has 1 amide bonds. The van der Waals surface area contributed by atoms with Crippen molar-refractivity contribution < 1.29 is 18.4 Å². The number of carbonyl (C=O) groups is 1. The largest absolute Gasteiger partial charge is 0.379 e. The first kappa shape index (κ1) is 27.6. The summed E-state index contributed by atoms with van der Waals surface area (Å²) in [7, 11) is 0. The molecule has 1 fully saturated rings. The van der Waals surface area contributed by atoms with Crippen LogP contribution in [0.25, 0.3) is 33.8 Å². The van der Waals surface area contributed by atoms with Crippen LogP contribution in [-0.2, 0) is 23.2 Å². The molecule has 0 bridgehead atoms. The van der Waals surface area contributed by atoms with Crippen molar-refractivity contribution in [1.82, 2.24) is 40.3 Å². The molecule has 0 unspecified atom stereocenters. The van der Waals surface area contributed by atoms with Crippen molar-refractivity contribution >= 4 is 17.1 Å². The van der Waals surface area contributed by atoms with E-state index in [2.05, 4.69) is 40.3 Å². The molecule has 42 heavy (non-hydrogen) atoms. The number of morpholine rings is 1. The number of nitrogens with one attached hydrogen (secondary N) is 2. The summed E-state index contributed by atoms with van der Waals surface area (Å²) in [6, 6.07) is 10.7. The minimum Gasteiger partial charge on any atom is -0.379 e. The van der Waals surface area contributed by atoms with Gasteiger partial charge in [0.05, 0.1) is 18.7 Å². The third-order valence-electron chi connectivity index (χ3n) is 7.06. The van der Waals surface area contributed by atoms with Crippen molar-refractivity contribution in [1.29, 1.82) is 0 Å². The van der Waals surface area contributed by atoms with Gasteiger partial charge in [-0.1, -0.05) is 44.1 Å². The Kier molecular flexibility index (Phi) is 7.48. The van der Waals surface area contributed by atoms with Gasteiger partial charge in [0, 0.05) is 55.1 Å². The van der Waals surface area contributed by atoms with Crippen LogP contribution in [0.2, 0.25) is 0 Å². The van der Waals surface area contributed by atoms with Gasteiger partial charge in [-0.2, -0.15) is 4.98 Å². The highest BCUT2D eigenvalue weighted by atomic mass is 19.1. The normalized spacial score (nSPS) is 14.4. The van der Waals surface area contributed by atoms with Crippen LogP contribution in [0.15, 0.2) is 53.3 Å². The van der Waals surface area contributed by atoms with E-state index in [0.717, 1.165) is 44.0 Å². The zero-order chi connectivity index (χ0) is 29.3. The molecule has 0 radical (unpaired) electrons. The number of fused-ring (bicyclic) bond motifs is 1. The maximum absolute atomic E-state index is 15.2. The summed E-state index contributed by atoms with van der Waals surface area (Å²) < 4.78 is 25.7. The van der Waals surface area contributed by atoms with Crippen molar-refractivity contribution in [3.8, 4) is 22.6 Å². The molecule has 216 valence electrons. The number of pyridine rings is 2. The fourth-order valence-electron chi connectivity index (χ4n) is 4.68. The summed E-state index contributed by atoms with van der Waals surface area (Å²) in [4.78, 5) is 35.9. The van der Waals surface area contributed by atoms with Gasteiger partial charge in [0.1, 0.15) is 11.5 Å². The summed E-state index contributed by atoms with van der Waals surface area (Å²) in [5.41, 5.74) is 4.35. The van der Waals surface area contributed by atoms with Crippen LogP contribution in [0.1, 0.15) is 48.4 Å². The van der Waals surface area contributed by atoms with E-state index in [0.29, 0.717) is 39.6 Å². The minimum absolute atomic E-state index is 0.0364. The van der Waals surface area contributed by atoms with Crippen LogP contribution in [0.4, 0.5) is 4.39 Å². The van der Waals surface area contributed by atoms with E-state index in [1.54, 1.807) is 18.3 Å². The first-order chi connectivity index (χ1) is 20.2. The molecule has 12 heteroatoms. The number of rotatable bonds is 7. The smallest absolute Gasteiger partial charge is 0.315 e. The van der Waals surface area contributed by atoms with Crippen molar-refractivity contribution in [3.63, 3.8) is 0 Å². The van der Waals surface area contributed by atoms with Crippen molar-refractivity contribution in [3.05, 3.63) is 77.5 Å². The SMILES string of the molecule is CC(C)(C)c1noc(C(=O)NCc2ccc(-c3ccnc4nc(-c5ccc(CN6CCOCC6)cn5)[nH]c34)cc2F)n1. The molecule has 2 N–H and O–H groups in total. The number of carbonyl (C=O) groups excluding carboxylic acids is 1. The Morgan fingerprint density at radius 1 is 1.10 bits per heavy atom. The third kappa shape index (κ3) is 5.90. The molecule has 1 aliphatic rings. The zero-order valence-corrected chi connectivity index (χ0v) is 23.6. The van der Waals surface area contributed by atoms with E-state index in [4.69, 9.17) is 9.26 Å². The summed E-state index contributed by atoms with van der Waals surface area (Å²) in [5.74, 6) is -0.183. The molecule has 4 aromatic heterocycles. The summed E-state index contributed by atoms with van der Waals surface area (Å²) in [6.07, 6.45) is 3.50. The number of hydrogen-bond acceptors (Lipinski definition) is 9. The van der Waals surface area contributed by atoms with Crippen LogP contribution in [0.3, 0.4) is 0 Å². The van der Waals surface area contributed by atoms with E-state index in [9.17, 15) is 4.79 Å². The number of nitrogens with zero attached hydrogens (tertiary/aromatic N) is 6. The molecular formula is C30H31FN8O3. The first-order valence-corrected chi connectivity index (χ1v) is 13.8. The topological polar surface area (TPSA) is 135 Å². The molecule has 1 aliphatic heterocycles. The second-order valence-electron chi connectivity index (χ2n) is 11.2. The Hall–Kier alpha value is -4.55. The fraction of sp³-hybridized carbons (Fsp3) is 0.333. The maximum atomic E-state index is 15.2. The maximum Gasteiger partial charge on any atom is 0.315 e. The quantitative estimate of drug-likeness (QED) is 0.294. The third-order valence-corrected chi connectivity index (χ3v) is 7.06. The van der Waals surface area contributed by atoms with E-state index >= 15 is 4.39 Å². The van der Waals surface area contributed by atoms with Gasteiger partial charge < -0.3 is 19.6 Å². The van der Waals surface area contributed by atoms with E-state index in [1.165, 1.54) is 6.07 Å². The standard InChI is InChI=1S/C30H31FN8O3/c1-30(2,3)29-37-28(42-38-29)27(40)34-16-20-6-5-19(14-22(20)31)21-8-9-32-26-24(21)35-25(36-26)23-7-4-18(15-33-23)17-39-10-12-41-13-11-39/h4-9,14-15H,10-13,16-17H2,1-3H3,(H,34,40)(H,32,35,36). The van der Waals surface area contributed by atoms with Gasteiger partial charge in [0.2, 0.25) is 0 Å². The first-order valence-electron chi connectivity index (χ1n) is 13.8. The van der Waals surface area contributed by atoms with Crippen LogP contribution in [-0.4, -0.2) is 67.2 Å². The minimum atomic E-state index is -0.565. The summed E-state index contributed by atoms with van der Waals surface area (Å²) >= 11 is 0. The van der Waals surface area contributed by atoms with Gasteiger partial charge in [-0.3, -0.25) is 14.7 Å². The highest BCUT2D eigenvalue weighted by molar-refractivity contribution is 5.91. The highest BCUT2D eigenvalue weighted by Gasteiger charge is 2.24. The predicted octanol–water partition coefficient (Wildman–Crippen LogP) is 4.27. The number of halogens is 1. The molecule has 0 saturated carbocycles. The number of ether oxygens (including phenoxy) is 1. The van der Waals surface area contributed by atoms with Crippen LogP contribution < -0.4 is 5.32 Å². The molecule has 11 nitrogen and oxygen atoms in total. The average molecular weight is 571 g/mol. The Balaban J connectivity index is 1.17. The lowest BCUT2D eigenvalue weighted by molar-refractivity contribution is 0.0341. The molecular weight excluding hydrogens is 539 g/mol. The molecule has 5 heterocycles. The number of amides is 1. The Labute approximate surface area is 241 Å². The van der Waals surface area contributed by atoms with E-state index < -0.39 is 11.7 Å². The average Bonchev–Trinajstić information content (AvgIpc) is 3.66. The number of aromatic nitrogens is 6. The van der Waals surface area contributed by atoms with Gasteiger partial charge in [-0.15, -0.1) is 0 Å². The molecule has 5 aromatic rings. The van der Waals surface area contributed by atoms with Crippen molar-refractivity contribution in [2.75, 3.05) is 26.3 Å². The second kappa shape index (κ2) is 11.4. The lowest BCUT2D eigenvalue weighted by atomic mass is 9.96. The Bertz CT molecular complexity index is 1720. The molecule has 0 atom stereocenters. The molecule has 6 rings (SSSR count). The van der Waals surface area contributed by atoms with Crippen LogP contribution in [0.5, 0.6) is 0 Å². The van der Waals surface area contributed by atoms with Gasteiger partial charge >= 0.3 is 11.8 Å². The molecule has 0 spiro atoms. The Morgan fingerprint density at radius 2 is 1.93 bits per heavy atom. The monoisotopic (exact) mass is 570 g/mol. The van der Waals surface area contributed by atoms with E-state index in [1.807, 2.05) is 45.2 Å². The molecule has 0 aliphatic carbocycles. The zero-order valence-electron chi connectivity index (χ0n) is 23.6. The van der Waals surface area contributed by atoms with Crippen molar-refractivity contribution in [2.45, 2.75) is 39.3 Å². The lowest BCUT2D eigenvalue weighted by Crippen LogP contribution is -2.35. The van der Waals surface area contributed by atoms with Crippen molar-refractivity contribution in [2.24, 2.45) is 0 Å². The number of aromatic amines is 1. The lowest BCUT2D eigenvalue weighted by Gasteiger charge is -2.26. The fourth-order valence-corrected chi connectivity index (χ4v) is 4.68. The van der Waals surface area contributed by atoms with E-state index in [-0.39, 0.29) is 17.9 Å². The molecule has 1 saturated heterocycles. The predicted molar refractivity (Wildman–Crippen MR) is 153 cm³/mol. The highest BCUT2D eigenvalue weighted by Crippen LogP contribution is 2.29. The number of imidazole rings is 1. The van der Waals surface area contributed by atoms with Gasteiger partial charge in [-0.05, 0) is 29.3 Å². The number of H-pyrrole nitrogens is 1.